The predicted molar refractivity (Wildman–Crippen MR) is 123 cm³/mol. The number of amides is 1. The number of carbonyl (C=O) groups excluding carboxylic acids is 1. The van der Waals surface area contributed by atoms with E-state index in [9.17, 15) is 27.6 Å². The number of alkyl halides is 3. The fourth-order valence-corrected chi connectivity index (χ4v) is 3.66. The Kier molecular flexibility index (Phi) is 6.10. The molecule has 1 N–H and O–H groups in total. The fourth-order valence-electron chi connectivity index (χ4n) is 3.66. The highest BCUT2D eigenvalue weighted by Crippen LogP contribution is 2.30. The summed E-state index contributed by atoms with van der Waals surface area (Å²) in [4.78, 5) is 39.0. The third-order valence-corrected chi connectivity index (χ3v) is 5.37. The number of anilines is 1. The van der Waals surface area contributed by atoms with Crippen LogP contribution in [0.5, 0.6) is 0 Å². The lowest BCUT2D eigenvalue weighted by Gasteiger charge is -2.15. The van der Waals surface area contributed by atoms with E-state index in [4.69, 9.17) is 0 Å². The highest BCUT2D eigenvalue weighted by Gasteiger charge is 2.30. The molecule has 0 atom stereocenters. The smallest absolute Gasteiger partial charge is 0.325 e. The number of halogens is 3. The van der Waals surface area contributed by atoms with Crippen LogP contribution in [0.3, 0.4) is 0 Å². The van der Waals surface area contributed by atoms with E-state index >= 15 is 0 Å². The molecule has 4 aromatic rings. The molecule has 1 heterocycles. The number of hydrogen-bond acceptors (Lipinski definition) is 3. The summed E-state index contributed by atoms with van der Waals surface area (Å²) < 4.78 is 41.1. The molecule has 0 spiro atoms. The third-order valence-electron chi connectivity index (χ3n) is 5.37. The van der Waals surface area contributed by atoms with Gasteiger partial charge in [0.1, 0.15) is 6.54 Å². The van der Waals surface area contributed by atoms with Crippen molar-refractivity contribution in [3.05, 3.63) is 110 Å². The van der Waals surface area contributed by atoms with E-state index in [1.807, 2.05) is 19.1 Å². The first-order chi connectivity index (χ1) is 16.1. The van der Waals surface area contributed by atoms with Crippen molar-refractivity contribution in [2.24, 2.45) is 0 Å². The van der Waals surface area contributed by atoms with E-state index in [2.05, 4.69) is 5.32 Å². The van der Waals surface area contributed by atoms with E-state index in [1.165, 1.54) is 12.1 Å². The van der Waals surface area contributed by atoms with Gasteiger partial charge in [0, 0.05) is 5.69 Å². The van der Waals surface area contributed by atoms with Gasteiger partial charge in [0.25, 0.3) is 5.56 Å². The molecule has 1 amide bonds. The maximum absolute atomic E-state index is 13.2. The SMILES string of the molecule is Cc1ccc(Cn2c(=O)c3ccccc3n(CC(=O)Nc3cccc(C(F)(F)F)c3)c2=O)cc1. The lowest BCUT2D eigenvalue weighted by Crippen LogP contribution is -2.42. The number of rotatable bonds is 5. The second-order valence-electron chi connectivity index (χ2n) is 7.89. The first-order valence-electron chi connectivity index (χ1n) is 10.4. The number of nitrogens with zero attached hydrogens (tertiary/aromatic N) is 2. The molecule has 0 radical (unpaired) electrons. The Morgan fingerprint density at radius 3 is 2.32 bits per heavy atom. The summed E-state index contributed by atoms with van der Waals surface area (Å²) in [7, 11) is 0. The standard InChI is InChI=1S/C25H20F3N3O3/c1-16-9-11-17(12-10-16)14-31-23(33)20-7-2-3-8-21(20)30(24(31)34)15-22(32)29-19-6-4-5-18(13-19)25(26,27)28/h2-13H,14-15H2,1H3,(H,29,32). The van der Waals surface area contributed by atoms with Gasteiger partial charge >= 0.3 is 11.9 Å². The maximum Gasteiger partial charge on any atom is 0.416 e. The summed E-state index contributed by atoms with van der Waals surface area (Å²) >= 11 is 0. The molecule has 34 heavy (non-hydrogen) atoms. The van der Waals surface area contributed by atoms with Crippen molar-refractivity contribution in [1.82, 2.24) is 9.13 Å². The number of hydrogen-bond donors (Lipinski definition) is 1. The van der Waals surface area contributed by atoms with Gasteiger partial charge in [0.05, 0.1) is 23.0 Å². The molecule has 0 aliphatic heterocycles. The number of aryl methyl sites for hydroxylation is 1. The van der Waals surface area contributed by atoms with Crippen LogP contribution < -0.4 is 16.6 Å². The molecular weight excluding hydrogens is 447 g/mol. The zero-order valence-electron chi connectivity index (χ0n) is 18.1. The Morgan fingerprint density at radius 2 is 1.62 bits per heavy atom. The fraction of sp³-hybridized carbons (Fsp3) is 0.160. The Morgan fingerprint density at radius 1 is 0.912 bits per heavy atom. The Labute approximate surface area is 191 Å². The van der Waals surface area contributed by atoms with Crippen LogP contribution in [0.15, 0.2) is 82.4 Å². The Bertz CT molecular complexity index is 1490. The molecule has 0 unspecified atom stereocenters. The normalized spacial score (nSPS) is 11.5. The van der Waals surface area contributed by atoms with E-state index in [-0.39, 0.29) is 23.1 Å². The number of nitrogens with one attached hydrogen (secondary N) is 1. The van der Waals surface area contributed by atoms with Crippen molar-refractivity contribution in [1.29, 1.82) is 0 Å². The van der Waals surface area contributed by atoms with Gasteiger partial charge in [0.15, 0.2) is 0 Å². The van der Waals surface area contributed by atoms with Crippen molar-refractivity contribution in [3.63, 3.8) is 0 Å². The van der Waals surface area contributed by atoms with Crippen LogP contribution in [0.4, 0.5) is 18.9 Å². The quantitative estimate of drug-likeness (QED) is 0.479. The molecular formula is C25H20F3N3O3. The van der Waals surface area contributed by atoms with Crippen molar-refractivity contribution < 1.29 is 18.0 Å². The molecule has 4 rings (SSSR count). The molecule has 174 valence electrons. The van der Waals surface area contributed by atoms with Gasteiger partial charge in [-0.05, 0) is 42.8 Å². The van der Waals surface area contributed by atoms with E-state index < -0.39 is 35.4 Å². The van der Waals surface area contributed by atoms with Gasteiger partial charge in [-0.15, -0.1) is 0 Å². The molecule has 1 aromatic heterocycles. The van der Waals surface area contributed by atoms with Crippen molar-refractivity contribution >= 4 is 22.5 Å². The molecule has 6 nitrogen and oxygen atoms in total. The predicted octanol–water partition coefficient (Wildman–Crippen LogP) is 4.18. The first-order valence-corrected chi connectivity index (χ1v) is 10.4. The number of fused-ring (bicyclic) bond motifs is 1. The van der Waals surface area contributed by atoms with Crippen molar-refractivity contribution in [3.8, 4) is 0 Å². The van der Waals surface area contributed by atoms with Crippen molar-refractivity contribution in [2.45, 2.75) is 26.2 Å². The average Bonchev–Trinajstić information content (AvgIpc) is 2.80. The van der Waals surface area contributed by atoms with Gasteiger partial charge in [-0.25, -0.2) is 4.79 Å². The minimum Gasteiger partial charge on any atom is -0.325 e. The van der Waals surface area contributed by atoms with E-state index in [1.54, 1.807) is 36.4 Å². The van der Waals surface area contributed by atoms with Crippen LogP contribution in [-0.4, -0.2) is 15.0 Å². The van der Waals surface area contributed by atoms with Crippen LogP contribution in [-0.2, 0) is 24.1 Å². The molecule has 0 aliphatic rings. The van der Waals surface area contributed by atoms with Crippen molar-refractivity contribution in [2.75, 3.05) is 5.32 Å². The second kappa shape index (κ2) is 9.01. The maximum atomic E-state index is 13.2. The van der Waals surface area contributed by atoms with Gasteiger partial charge in [-0.2, -0.15) is 13.2 Å². The number of carbonyl (C=O) groups is 1. The molecule has 3 aromatic carbocycles. The zero-order chi connectivity index (χ0) is 24.5. The van der Waals surface area contributed by atoms with Gasteiger partial charge < -0.3 is 5.32 Å². The number of para-hydroxylation sites is 1. The van der Waals surface area contributed by atoms with Crippen LogP contribution in [0.25, 0.3) is 10.9 Å². The van der Waals surface area contributed by atoms with Gasteiger partial charge in [0.2, 0.25) is 5.91 Å². The average molecular weight is 467 g/mol. The summed E-state index contributed by atoms with van der Waals surface area (Å²) in [6.45, 7) is 1.45. The van der Waals surface area contributed by atoms with Crippen LogP contribution in [0.2, 0.25) is 0 Å². The number of aromatic nitrogens is 2. The lowest BCUT2D eigenvalue weighted by molar-refractivity contribution is -0.137. The molecule has 0 aliphatic carbocycles. The van der Waals surface area contributed by atoms with Gasteiger partial charge in [-0.1, -0.05) is 48.0 Å². The number of benzene rings is 3. The van der Waals surface area contributed by atoms with E-state index in [0.29, 0.717) is 0 Å². The minimum atomic E-state index is -4.56. The van der Waals surface area contributed by atoms with Crippen LogP contribution >= 0.6 is 0 Å². The zero-order valence-corrected chi connectivity index (χ0v) is 18.1. The Hall–Kier alpha value is -4.14. The first kappa shape index (κ1) is 23.0. The summed E-state index contributed by atoms with van der Waals surface area (Å²) in [5.41, 5.74) is -0.112. The topological polar surface area (TPSA) is 73.1 Å². The van der Waals surface area contributed by atoms with Crippen LogP contribution in [0, 0.1) is 6.92 Å². The molecule has 0 fully saturated rings. The largest absolute Gasteiger partial charge is 0.416 e. The monoisotopic (exact) mass is 467 g/mol. The minimum absolute atomic E-state index is 0.0119. The summed E-state index contributed by atoms with van der Waals surface area (Å²) in [5.74, 6) is -0.702. The Balaban J connectivity index is 1.71. The molecule has 0 saturated carbocycles. The highest BCUT2D eigenvalue weighted by atomic mass is 19.4. The highest BCUT2D eigenvalue weighted by molar-refractivity contribution is 5.91. The summed E-state index contributed by atoms with van der Waals surface area (Å²) in [6.07, 6.45) is -4.56. The third kappa shape index (κ3) is 4.78. The van der Waals surface area contributed by atoms with E-state index in [0.717, 1.165) is 32.4 Å². The summed E-state index contributed by atoms with van der Waals surface area (Å²) in [5, 5.41) is 2.65. The molecule has 0 saturated heterocycles. The second-order valence-corrected chi connectivity index (χ2v) is 7.89. The lowest BCUT2D eigenvalue weighted by atomic mass is 10.1. The molecule has 9 heteroatoms. The molecule has 0 bridgehead atoms. The van der Waals surface area contributed by atoms with Gasteiger partial charge in [-0.3, -0.25) is 18.7 Å². The summed E-state index contributed by atoms with van der Waals surface area (Å²) in [6, 6.07) is 18.0. The van der Waals surface area contributed by atoms with Crippen LogP contribution in [0.1, 0.15) is 16.7 Å².